The predicted molar refractivity (Wildman–Crippen MR) is 178 cm³/mol. The van der Waals surface area contributed by atoms with Gasteiger partial charge < -0.3 is 54.5 Å². The fraction of sp³-hybridized carbons (Fsp3) is 0.875. The molecule has 11 heteroatoms. The van der Waals surface area contributed by atoms with E-state index >= 15 is 0 Å². The van der Waals surface area contributed by atoms with Gasteiger partial charge in [-0.1, -0.05) is 19.8 Å². The summed E-state index contributed by atoms with van der Waals surface area (Å²) in [7, 11) is 0. The summed E-state index contributed by atoms with van der Waals surface area (Å²) >= 11 is 8.65. The van der Waals surface area contributed by atoms with Crippen molar-refractivity contribution >= 4 is 68.6 Å². The van der Waals surface area contributed by atoms with Crippen molar-refractivity contribution in [1.29, 1.82) is 0 Å². The van der Waals surface area contributed by atoms with E-state index in [1.54, 1.807) is 21.7 Å². The molecular formula is C32H58O8S2Sn. The summed E-state index contributed by atoms with van der Waals surface area (Å²) in [6.07, 6.45) is 16.1. The Bertz CT molecular complexity index is 697. The van der Waals surface area contributed by atoms with Crippen LogP contribution in [0, 0.1) is 0 Å². The Morgan fingerprint density at radius 1 is 0.605 bits per heavy atom. The molecular weight excluding hydrogens is 695 g/mol. The molecule has 0 aromatic rings. The standard InChI is InChI=1S/C16H26O8S2.2C8H17.Sn/c1-2-3-5-10(24-16(22)12(18)9-14(20)26)6-4-7-23-15(21)11(17)8-13(19)25;2*1-3-5-7-8-6-4-2;/h10-12,17-18H,2-9H2,1H3,(H,19,25)(H,20,26);2*1,3-8H2,2H3;/q;;;+2/p-2. The van der Waals surface area contributed by atoms with Gasteiger partial charge in [0, 0.05) is 23.1 Å². The molecule has 0 rings (SSSR count). The zero-order chi connectivity index (χ0) is 32.7. The van der Waals surface area contributed by atoms with Crippen molar-refractivity contribution < 1.29 is 38.9 Å². The van der Waals surface area contributed by atoms with Crippen LogP contribution in [0.25, 0.3) is 0 Å². The van der Waals surface area contributed by atoms with E-state index in [0.717, 1.165) is 12.8 Å². The summed E-state index contributed by atoms with van der Waals surface area (Å²) in [6.45, 7) is 6.53. The van der Waals surface area contributed by atoms with Crippen LogP contribution in [0.2, 0.25) is 8.87 Å². The average molecular weight is 754 g/mol. The quantitative estimate of drug-likeness (QED) is 0.0407. The topological polar surface area (TPSA) is 127 Å². The van der Waals surface area contributed by atoms with Crippen molar-refractivity contribution in [3.63, 3.8) is 0 Å². The monoisotopic (exact) mass is 754 g/mol. The third-order valence-electron chi connectivity index (χ3n) is 6.76. The Hall–Kier alpha value is -0.561. The van der Waals surface area contributed by atoms with E-state index in [-0.39, 0.29) is 27.7 Å². The zero-order valence-corrected chi connectivity index (χ0v) is 31.4. The molecule has 0 fully saturated rings. The summed E-state index contributed by atoms with van der Waals surface area (Å²) in [5.41, 5.74) is 0. The molecule has 8 nitrogen and oxygen atoms in total. The van der Waals surface area contributed by atoms with E-state index in [0.29, 0.717) is 19.3 Å². The minimum atomic E-state index is -1.59. The van der Waals surface area contributed by atoms with Crippen LogP contribution in [0.4, 0.5) is 0 Å². The van der Waals surface area contributed by atoms with E-state index < -0.39 is 53.3 Å². The number of hydrogen-bond donors (Lipinski definition) is 2. The van der Waals surface area contributed by atoms with Crippen molar-refractivity contribution in [2.75, 3.05) is 6.61 Å². The van der Waals surface area contributed by atoms with Gasteiger partial charge in [0.1, 0.15) is 6.10 Å². The van der Waals surface area contributed by atoms with Gasteiger partial charge in [-0.25, -0.2) is 9.59 Å². The molecule has 0 amide bonds. The first-order chi connectivity index (χ1) is 20.6. The molecule has 0 aromatic carbocycles. The normalized spacial score (nSPS) is 12.7. The number of hydrogen-bond acceptors (Lipinski definition) is 10. The Morgan fingerprint density at radius 2 is 1.02 bits per heavy atom. The van der Waals surface area contributed by atoms with Crippen LogP contribution in [-0.2, 0) is 53.9 Å². The SMILES string of the molecule is CCCCC(CCCOC(=O)C(O)CC(=O)[S-])OC(=O)C(O)CC(=O)[S-].CCCCCCC[CH2][Sn+2][CH2]CCCCCCC. The fourth-order valence-corrected chi connectivity index (χ4v) is 8.07. The summed E-state index contributed by atoms with van der Waals surface area (Å²) in [5, 5.41) is 17.4. The van der Waals surface area contributed by atoms with Crippen molar-refractivity contribution in [1.82, 2.24) is 0 Å². The summed E-state index contributed by atoms with van der Waals surface area (Å²) in [5.74, 6) is -1.86. The van der Waals surface area contributed by atoms with E-state index in [4.69, 9.17) is 9.47 Å². The van der Waals surface area contributed by atoms with Crippen LogP contribution in [0.1, 0.15) is 143 Å². The number of carbonyl (C=O) groups excluding carboxylic acids is 4. The molecule has 0 saturated carbocycles. The third kappa shape index (κ3) is 32.6. The number of aliphatic hydroxyl groups excluding tert-OH is 2. The van der Waals surface area contributed by atoms with Crippen LogP contribution in [0.5, 0.6) is 0 Å². The second kappa shape index (κ2) is 32.8. The van der Waals surface area contributed by atoms with Gasteiger partial charge in [-0.05, 0) is 19.3 Å². The van der Waals surface area contributed by atoms with Gasteiger partial charge in [0.15, 0.2) is 12.2 Å². The molecule has 0 aliphatic carbocycles. The average Bonchev–Trinajstić information content (AvgIpc) is 2.95. The maximum atomic E-state index is 11.8. The molecule has 0 bridgehead atoms. The Labute approximate surface area is 282 Å². The van der Waals surface area contributed by atoms with Gasteiger partial charge in [-0.15, -0.1) is 0 Å². The van der Waals surface area contributed by atoms with E-state index in [1.165, 1.54) is 64.2 Å². The summed E-state index contributed by atoms with van der Waals surface area (Å²) < 4.78 is 13.3. The Kier molecular flexibility index (Phi) is 34.0. The minimum absolute atomic E-state index is 0.0328. The summed E-state index contributed by atoms with van der Waals surface area (Å²) in [6, 6.07) is 0. The van der Waals surface area contributed by atoms with Crippen molar-refractivity contribution in [2.45, 2.75) is 170 Å². The van der Waals surface area contributed by atoms with Crippen molar-refractivity contribution in [3.05, 3.63) is 0 Å². The first kappa shape index (κ1) is 44.6. The molecule has 250 valence electrons. The first-order valence-corrected chi connectivity index (χ1v) is 21.3. The molecule has 0 radical (unpaired) electrons. The van der Waals surface area contributed by atoms with Gasteiger partial charge >= 0.3 is 133 Å². The second-order valence-corrected chi connectivity index (χ2v) is 16.2. The number of carbonyl (C=O) groups is 4. The van der Waals surface area contributed by atoms with Gasteiger partial charge in [0.25, 0.3) is 0 Å². The summed E-state index contributed by atoms with van der Waals surface area (Å²) in [4.78, 5) is 44.6. The molecule has 0 heterocycles. The second-order valence-electron chi connectivity index (χ2n) is 11.0. The fourth-order valence-electron chi connectivity index (χ4n) is 4.18. The van der Waals surface area contributed by atoms with E-state index in [1.807, 2.05) is 6.92 Å². The van der Waals surface area contributed by atoms with Crippen LogP contribution in [0.15, 0.2) is 0 Å². The third-order valence-corrected chi connectivity index (χ3v) is 11.1. The number of unbranched alkanes of at least 4 members (excludes halogenated alkanes) is 11. The number of rotatable bonds is 28. The van der Waals surface area contributed by atoms with E-state index in [2.05, 4.69) is 39.1 Å². The van der Waals surface area contributed by atoms with Crippen molar-refractivity contribution in [2.24, 2.45) is 0 Å². The van der Waals surface area contributed by atoms with Gasteiger partial charge in [0.05, 0.1) is 6.61 Å². The Balaban J connectivity index is 0. The molecule has 0 aromatic heterocycles. The number of ether oxygens (including phenoxy) is 2. The molecule has 0 aliphatic rings. The molecule has 0 saturated heterocycles. The Morgan fingerprint density at radius 3 is 1.49 bits per heavy atom. The van der Waals surface area contributed by atoms with Gasteiger partial charge in [-0.3, -0.25) is 0 Å². The maximum absolute atomic E-state index is 11.8. The van der Waals surface area contributed by atoms with Gasteiger partial charge in [-0.2, -0.15) is 0 Å². The molecule has 3 atom stereocenters. The van der Waals surface area contributed by atoms with Gasteiger partial charge in [0.2, 0.25) is 0 Å². The molecule has 0 spiro atoms. The molecule has 43 heavy (non-hydrogen) atoms. The van der Waals surface area contributed by atoms with E-state index in [9.17, 15) is 29.4 Å². The van der Waals surface area contributed by atoms with Crippen LogP contribution >= 0.6 is 0 Å². The number of aliphatic hydroxyl groups is 2. The van der Waals surface area contributed by atoms with Crippen LogP contribution in [0.3, 0.4) is 0 Å². The molecule has 0 aliphatic heterocycles. The zero-order valence-electron chi connectivity index (χ0n) is 26.9. The van der Waals surface area contributed by atoms with Crippen LogP contribution in [-0.4, -0.2) is 78.4 Å². The predicted octanol–water partition coefficient (Wildman–Crippen LogP) is 6.31. The van der Waals surface area contributed by atoms with Crippen LogP contribution < -0.4 is 0 Å². The van der Waals surface area contributed by atoms with Crippen molar-refractivity contribution in [3.8, 4) is 0 Å². The number of esters is 2. The molecule has 2 N–H and O–H groups in total. The first-order valence-electron chi connectivity index (χ1n) is 16.4. The molecule has 3 unspecified atom stereocenters.